The summed E-state index contributed by atoms with van der Waals surface area (Å²) in [5, 5.41) is 92.3. The fourth-order valence-electron chi connectivity index (χ4n) is 4.93. The molecule has 2 aliphatic heterocycles. The number of methoxy groups -OCH3 is 1. The van der Waals surface area contributed by atoms with E-state index in [2.05, 4.69) is 0 Å². The van der Waals surface area contributed by atoms with Crippen molar-refractivity contribution in [2.45, 2.75) is 81.2 Å². The van der Waals surface area contributed by atoms with Crippen molar-refractivity contribution in [1.82, 2.24) is 0 Å². The number of phenols is 3. The predicted octanol–water partition coefficient (Wildman–Crippen LogP) is -1.34. The quantitative estimate of drug-likeness (QED) is 0.141. The second-order valence-corrected chi connectivity index (χ2v) is 10.4. The maximum atomic E-state index is 12.9. The van der Waals surface area contributed by atoms with E-state index >= 15 is 0 Å². The highest BCUT2D eigenvalue weighted by Crippen LogP contribution is 2.37. The smallest absolute Gasteiger partial charge is 0.229 e. The normalized spacial score (nSPS) is 32.7. The van der Waals surface area contributed by atoms with E-state index in [9.17, 15) is 50.8 Å². The van der Waals surface area contributed by atoms with Crippen molar-refractivity contribution in [1.29, 1.82) is 0 Å². The van der Waals surface area contributed by atoms with Crippen molar-refractivity contribution >= 4 is 5.78 Å². The number of hydrogen-bond acceptors (Lipinski definition) is 15. The Bertz CT molecular complexity index is 1250. The first-order chi connectivity index (χ1) is 20.4. The van der Waals surface area contributed by atoms with Crippen molar-refractivity contribution < 1.29 is 74.4 Å². The van der Waals surface area contributed by atoms with E-state index < -0.39 is 90.9 Å². The van der Waals surface area contributed by atoms with E-state index in [0.29, 0.717) is 5.56 Å². The number of rotatable bonds is 10. The molecule has 15 nitrogen and oxygen atoms in total. The summed E-state index contributed by atoms with van der Waals surface area (Å²) in [6, 6.07) is 6.59. The molecule has 2 heterocycles. The number of aromatic hydroxyl groups is 3. The summed E-state index contributed by atoms with van der Waals surface area (Å²) in [7, 11) is 1.40. The molecule has 0 saturated carbocycles. The summed E-state index contributed by atoms with van der Waals surface area (Å²) in [4.78, 5) is 12.9. The molecule has 0 amide bonds. The molecule has 238 valence electrons. The van der Waals surface area contributed by atoms with Gasteiger partial charge in [0.15, 0.2) is 29.7 Å². The van der Waals surface area contributed by atoms with Crippen molar-refractivity contribution in [3.05, 3.63) is 41.5 Å². The number of phenolic OH excluding ortho intramolecular Hbond substituents is 3. The minimum absolute atomic E-state index is 0.110. The Balaban J connectivity index is 1.51. The highest BCUT2D eigenvalue weighted by molar-refractivity contribution is 6.01. The number of ketones is 1. The van der Waals surface area contributed by atoms with Crippen LogP contribution in [0, 0.1) is 0 Å². The number of hydrogen-bond donors (Lipinski definition) is 9. The van der Waals surface area contributed by atoms with Gasteiger partial charge in [-0.15, -0.1) is 0 Å². The van der Waals surface area contributed by atoms with Crippen LogP contribution in [0.1, 0.15) is 29.3 Å². The molecule has 0 aliphatic carbocycles. The molecule has 0 unspecified atom stereocenters. The molecule has 43 heavy (non-hydrogen) atoms. The minimum Gasteiger partial charge on any atom is -0.507 e. The fraction of sp³-hybridized carbons (Fsp3) is 0.536. The van der Waals surface area contributed by atoms with Crippen LogP contribution in [-0.2, 0) is 20.6 Å². The second kappa shape index (κ2) is 13.6. The van der Waals surface area contributed by atoms with Crippen LogP contribution in [0.2, 0.25) is 0 Å². The van der Waals surface area contributed by atoms with Gasteiger partial charge in [0.1, 0.15) is 59.4 Å². The topological polar surface area (TPSA) is 245 Å². The number of benzene rings is 2. The zero-order valence-corrected chi connectivity index (χ0v) is 23.3. The Morgan fingerprint density at radius 1 is 0.837 bits per heavy atom. The van der Waals surface area contributed by atoms with E-state index in [1.165, 1.54) is 26.2 Å². The average molecular weight is 613 g/mol. The lowest BCUT2D eigenvalue weighted by Gasteiger charge is -2.45. The van der Waals surface area contributed by atoms with E-state index in [0.717, 1.165) is 12.1 Å². The number of aryl methyl sites for hydroxylation is 1. The Labute approximate surface area is 245 Å². The summed E-state index contributed by atoms with van der Waals surface area (Å²) >= 11 is 0. The summed E-state index contributed by atoms with van der Waals surface area (Å²) in [5.74, 6) is -2.04. The lowest BCUT2D eigenvalue weighted by Crippen LogP contribution is -2.64. The Morgan fingerprint density at radius 2 is 1.51 bits per heavy atom. The zero-order chi connectivity index (χ0) is 31.6. The van der Waals surface area contributed by atoms with Crippen molar-refractivity contribution in [2.24, 2.45) is 0 Å². The highest BCUT2D eigenvalue weighted by atomic mass is 16.8. The first-order valence-electron chi connectivity index (χ1n) is 13.5. The van der Waals surface area contributed by atoms with Crippen LogP contribution >= 0.6 is 0 Å². The maximum absolute atomic E-state index is 12.9. The van der Waals surface area contributed by atoms with Crippen molar-refractivity contribution in [3.63, 3.8) is 0 Å². The first-order valence-corrected chi connectivity index (χ1v) is 13.5. The third-order valence-electron chi connectivity index (χ3n) is 7.41. The van der Waals surface area contributed by atoms with E-state index in [1.54, 1.807) is 6.07 Å². The summed E-state index contributed by atoms with van der Waals surface area (Å²) in [5.41, 5.74) is 0.208. The predicted molar refractivity (Wildman–Crippen MR) is 143 cm³/mol. The molecular weight excluding hydrogens is 576 g/mol. The highest BCUT2D eigenvalue weighted by Gasteiger charge is 2.51. The number of ether oxygens (including phenoxy) is 5. The molecule has 2 saturated heterocycles. The lowest BCUT2D eigenvalue weighted by atomic mass is 9.97. The number of aliphatic hydroxyl groups excluding tert-OH is 6. The SMILES string of the molecule is COc1ccc(CCC(=O)c2c(O)cc(O[C@H]3O[C@@H](CO)[C@H](O)[C@@H](O)[C@@H]3O[C@@H]3O[C@H](C)[C@@H](O)[C@@H](O)[C@@H]3O)cc2O)cc1O. The van der Waals surface area contributed by atoms with Crippen LogP contribution in [0.15, 0.2) is 30.3 Å². The van der Waals surface area contributed by atoms with Gasteiger partial charge in [-0.05, 0) is 31.0 Å². The third-order valence-corrected chi connectivity index (χ3v) is 7.41. The van der Waals surface area contributed by atoms with Gasteiger partial charge in [-0.3, -0.25) is 4.79 Å². The number of Topliss-reactive ketones (excluding diaryl/α,β-unsaturated/α-hetero) is 1. The summed E-state index contributed by atoms with van der Waals surface area (Å²) < 4.78 is 27.2. The van der Waals surface area contributed by atoms with Gasteiger partial charge in [0.25, 0.3) is 0 Å². The van der Waals surface area contributed by atoms with E-state index in [-0.39, 0.29) is 30.1 Å². The van der Waals surface area contributed by atoms with Gasteiger partial charge in [-0.1, -0.05) is 6.07 Å². The average Bonchev–Trinajstić information content (AvgIpc) is 2.96. The molecule has 4 rings (SSSR count). The van der Waals surface area contributed by atoms with Crippen LogP contribution in [0.4, 0.5) is 0 Å². The number of aliphatic hydroxyl groups is 6. The van der Waals surface area contributed by atoms with Gasteiger partial charge in [-0.2, -0.15) is 0 Å². The monoisotopic (exact) mass is 612 g/mol. The molecule has 0 radical (unpaired) electrons. The van der Waals surface area contributed by atoms with Crippen molar-refractivity contribution in [2.75, 3.05) is 13.7 Å². The standard InChI is InChI=1S/C28H36O15/c1-11-21(34)23(36)25(38)27(40-11)43-26-24(37)22(35)19(10-29)42-28(26)41-13-8-16(32)20(17(33)9-13)14(30)5-3-12-4-6-18(39-2)15(31)7-12/h4,6-9,11,19,21-29,31-38H,3,5,10H2,1-2H3/t11-,19+,21-,22+,23-,24-,25+,26+,27+,28+/m1/s1. The van der Waals surface area contributed by atoms with Crippen LogP contribution in [0.3, 0.4) is 0 Å². The minimum atomic E-state index is -1.79. The molecule has 2 aliphatic rings. The number of carbonyl (C=O) groups is 1. The van der Waals surface area contributed by atoms with Crippen LogP contribution in [-0.4, -0.2) is 127 Å². The molecule has 2 fully saturated rings. The van der Waals surface area contributed by atoms with Crippen molar-refractivity contribution in [3.8, 4) is 28.7 Å². The molecule has 0 aromatic heterocycles. The molecule has 15 heteroatoms. The van der Waals surface area contributed by atoms with Gasteiger partial charge >= 0.3 is 0 Å². The molecule has 2 aromatic carbocycles. The van der Waals surface area contributed by atoms with Crippen LogP contribution in [0.5, 0.6) is 28.7 Å². The van der Waals surface area contributed by atoms with Gasteiger partial charge in [0.05, 0.1) is 19.8 Å². The molecular formula is C28H36O15. The van der Waals surface area contributed by atoms with E-state index in [1.807, 2.05) is 0 Å². The second-order valence-electron chi connectivity index (χ2n) is 10.4. The molecule has 0 spiro atoms. The fourth-order valence-corrected chi connectivity index (χ4v) is 4.93. The molecule has 9 N–H and O–H groups in total. The van der Waals surface area contributed by atoms with E-state index in [4.69, 9.17) is 23.7 Å². The Morgan fingerprint density at radius 3 is 2.12 bits per heavy atom. The summed E-state index contributed by atoms with van der Waals surface area (Å²) in [6.45, 7) is 0.662. The molecule has 10 atom stereocenters. The lowest BCUT2D eigenvalue weighted by molar-refractivity contribution is -0.354. The first kappa shape index (κ1) is 32.7. The summed E-state index contributed by atoms with van der Waals surface area (Å²) in [6.07, 6.45) is -15.5. The Hall–Kier alpha value is -3.25. The zero-order valence-electron chi connectivity index (χ0n) is 23.3. The Kier molecular flexibility index (Phi) is 10.3. The van der Waals surface area contributed by atoms with Crippen LogP contribution < -0.4 is 9.47 Å². The third kappa shape index (κ3) is 6.95. The van der Waals surface area contributed by atoms with Gasteiger partial charge in [-0.25, -0.2) is 0 Å². The molecule has 0 bridgehead atoms. The van der Waals surface area contributed by atoms with Crippen LogP contribution in [0.25, 0.3) is 0 Å². The van der Waals surface area contributed by atoms with Gasteiger partial charge < -0.3 is 69.6 Å². The van der Waals surface area contributed by atoms with Gasteiger partial charge in [0.2, 0.25) is 6.29 Å². The largest absolute Gasteiger partial charge is 0.507 e. The van der Waals surface area contributed by atoms with Gasteiger partial charge in [0, 0.05) is 18.6 Å². The number of carbonyl (C=O) groups excluding carboxylic acids is 1. The maximum Gasteiger partial charge on any atom is 0.229 e. The molecule has 2 aromatic rings.